The van der Waals surface area contributed by atoms with Gasteiger partial charge in [-0.05, 0) is 36.3 Å². The van der Waals surface area contributed by atoms with Gasteiger partial charge in [0, 0.05) is 32.2 Å². The number of halogens is 1. The Bertz CT molecular complexity index is 1140. The second-order valence-electron chi connectivity index (χ2n) is 10.3. The molecule has 0 aromatic heterocycles. The largest absolute Gasteiger partial charge is 0.341 e. The van der Waals surface area contributed by atoms with E-state index in [-0.39, 0.29) is 36.1 Å². The minimum atomic E-state index is -3.54. The Balaban J connectivity index is 1.75. The van der Waals surface area contributed by atoms with Crippen LogP contribution in [-0.4, -0.2) is 72.3 Å². The van der Waals surface area contributed by atoms with Gasteiger partial charge in [0.15, 0.2) is 0 Å². The molecular weight excluding hydrogens is 522 g/mol. The van der Waals surface area contributed by atoms with Crippen LogP contribution in [0.1, 0.15) is 56.5 Å². The number of sulfonamides is 1. The first-order valence-corrected chi connectivity index (χ1v) is 15.5. The van der Waals surface area contributed by atoms with Gasteiger partial charge in [-0.25, -0.2) is 8.42 Å². The Hall–Kier alpha value is -2.42. The van der Waals surface area contributed by atoms with E-state index in [0.29, 0.717) is 45.4 Å². The molecule has 1 aliphatic heterocycles. The molecule has 0 saturated carbocycles. The SMILES string of the molecule is CCCS(=O)(=O)N(CC(=O)N(Cc1ccccc1)C1CCN(C(=O)[C@@H](Cl)c2ccccc2)CC1)CC(C)C. The predicted octanol–water partition coefficient (Wildman–Crippen LogP) is 4.68. The van der Waals surface area contributed by atoms with Gasteiger partial charge >= 0.3 is 0 Å². The van der Waals surface area contributed by atoms with Gasteiger partial charge in [-0.3, -0.25) is 9.59 Å². The Kier molecular flexibility index (Phi) is 11.2. The van der Waals surface area contributed by atoms with Gasteiger partial charge in [-0.15, -0.1) is 11.6 Å². The molecule has 7 nitrogen and oxygen atoms in total. The lowest BCUT2D eigenvalue weighted by Crippen LogP contribution is -2.52. The van der Waals surface area contributed by atoms with Crippen molar-refractivity contribution in [3.05, 3.63) is 71.8 Å². The summed E-state index contributed by atoms with van der Waals surface area (Å²) >= 11 is 6.50. The fraction of sp³-hybridized carbons (Fsp3) is 0.517. The Morgan fingerprint density at radius 1 is 1.00 bits per heavy atom. The Morgan fingerprint density at radius 2 is 1.58 bits per heavy atom. The van der Waals surface area contributed by atoms with Gasteiger partial charge in [-0.1, -0.05) is 81.4 Å². The average Bonchev–Trinajstić information content (AvgIpc) is 2.91. The first kappa shape index (κ1) is 30.1. The number of carbonyl (C=O) groups is 2. The zero-order valence-corrected chi connectivity index (χ0v) is 24.2. The van der Waals surface area contributed by atoms with Crippen molar-refractivity contribution in [2.45, 2.75) is 58.0 Å². The molecule has 208 valence electrons. The number of hydrogen-bond acceptors (Lipinski definition) is 4. The van der Waals surface area contributed by atoms with Gasteiger partial charge in [0.25, 0.3) is 0 Å². The highest BCUT2D eigenvalue weighted by Gasteiger charge is 2.34. The van der Waals surface area contributed by atoms with Gasteiger partial charge in [0.05, 0.1) is 12.3 Å². The van der Waals surface area contributed by atoms with Crippen molar-refractivity contribution in [1.29, 1.82) is 0 Å². The molecule has 0 spiro atoms. The monoisotopic (exact) mass is 561 g/mol. The van der Waals surface area contributed by atoms with Crippen LogP contribution < -0.4 is 0 Å². The second kappa shape index (κ2) is 14.1. The minimum absolute atomic E-state index is 0.0210. The Labute approximate surface area is 232 Å². The summed E-state index contributed by atoms with van der Waals surface area (Å²) in [6.45, 7) is 7.22. The lowest BCUT2D eigenvalue weighted by atomic mass is 10.0. The molecular formula is C29H40ClN3O4S. The lowest BCUT2D eigenvalue weighted by Gasteiger charge is -2.40. The number of alkyl halides is 1. The van der Waals surface area contributed by atoms with Crippen molar-refractivity contribution < 1.29 is 18.0 Å². The Morgan fingerprint density at radius 3 is 2.13 bits per heavy atom. The molecule has 1 heterocycles. The van der Waals surface area contributed by atoms with Crippen LogP contribution in [0.4, 0.5) is 0 Å². The smallest absolute Gasteiger partial charge is 0.245 e. The molecule has 3 rings (SSSR count). The molecule has 0 N–H and O–H groups in total. The second-order valence-corrected chi connectivity index (χ2v) is 12.9. The van der Waals surface area contributed by atoms with Crippen molar-refractivity contribution in [3.8, 4) is 0 Å². The zero-order chi connectivity index (χ0) is 27.7. The maximum atomic E-state index is 13.7. The van der Waals surface area contributed by atoms with Crippen LogP contribution in [0.5, 0.6) is 0 Å². The molecule has 2 aromatic rings. The quantitative estimate of drug-likeness (QED) is 0.352. The van der Waals surface area contributed by atoms with E-state index in [4.69, 9.17) is 11.6 Å². The fourth-order valence-electron chi connectivity index (χ4n) is 4.84. The highest BCUT2D eigenvalue weighted by atomic mass is 35.5. The summed E-state index contributed by atoms with van der Waals surface area (Å²) in [7, 11) is -3.54. The number of amides is 2. The molecule has 0 radical (unpaired) electrons. The zero-order valence-electron chi connectivity index (χ0n) is 22.6. The van der Waals surface area contributed by atoms with Gasteiger partial charge in [-0.2, -0.15) is 4.31 Å². The summed E-state index contributed by atoms with van der Waals surface area (Å²) < 4.78 is 27.3. The van der Waals surface area contributed by atoms with Crippen molar-refractivity contribution in [1.82, 2.24) is 14.1 Å². The van der Waals surface area contributed by atoms with E-state index in [2.05, 4.69) is 0 Å². The molecule has 0 aliphatic carbocycles. The number of rotatable bonds is 12. The molecule has 0 bridgehead atoms. The van der Waals surface area contributed by atoms with E-state index in [1.807, 2.05) is 81.4 Å². The number of hydrogen-bond donors (Lipinski definition) is 0. The minimum Gasteiger partial charge on any atom is -0.341 e. The van der Waals surface area contributed by atoms with Crippen LogP contribution in [0.2, 0.25) is 0 Å². The molecule has 2 amide bonds. The van der Waals surface area contributed by atoms with E-state index >= 15 is 0 Å². The van der Waals surface area contributed by atoms with E-state index in [1.165, 1.54) is 4.31 Å². The third-order valence-electron chi connectivity index (χ3n) is 6.78. The van der Waals surface area contributed by atoms with Crippen LogP contribution in [0.15, 0.2) is 60.7 Å². The van der Waals surface area contributed by atoms with Crippen LogP contribution in [0, 0.1) is 5.92 Å². The molecule has 9 heteroatoms. The van der Waals surface area contributed by atoms with E-state index in [0.717, 1.165) is 11.1 Å². The van der Waals surface area contributed by atoms with Crippen molar-refractivity contribution in [2.24, 2.45) is 5.92 Å². The molecule has 1 fully saturated rings. The third-order valence-corrected chi connectivity index (χ3v) is 9.21. The highest BCUT2D eigenvalue weighted by molar-refractivity contribution is 7.89. The summed E-state index contributed by atoms with van der Waals surface area (Å²) in [6.07, 6.45) is 1.71. The first-order chi connectivity index (χ1) is 18.1. The summed E-state index contributed by atoms with van der Waals surface area (Å²) in [4.78, 5) is 30.4. The van der Waals surface area contributed by atoms with Gasteiger partial charge in [0.2, 0.25) is 21.8 Å². The first-order valence-electron chi connectivity index (χ1n) is 13.4. The topological polar surface area (TPSA) is 78.0 Å². The molecule has 1 saturated heterocycles. The molecule has 1 aliphatic rings. The van der Waals surface area contributed by atoms with E-state index in [1.54, 1.807) is 9.80 Å². The number of carbonyl (C=O) groups excluding carboxylic acids is 2. The third kappa shape index (κ3) is 8.29. The summed E-state index contributed by atoms with van der Waals surface area (Å²) in [5, 5.41) is -0.747. The number of likely N-dealkylation sites (tertiary alicyclic amines) is 1. The number of benzene rings is 2. The van der Waals surface area contributed by atoms with Gasteiger partial charge in [0.1, 0.15) is 5.38 Å². The molecule has 0 unspecified atom stereocenters. The normalized spacial score (nSPS) is 15.6. The van der Waals surface area contributed by atoms with Crippen LogP contribution in [-0.2, 0) is 26.2 Å². The number of piperidine rings is 1. The molecule has 2 aromatic carbocycles. The standard InChI is InChI=1S/C29H40ClN3O4S/c1-4-19-38(36,37)32(20-23(2)3)22-27(34)33(21-24-11-7-5-8-12-24)26-15-17-31(18-16-26)29(35)28(30)25-13-9-6-10-14-25/h5-14,23,26,28H,4,15-22H2,1-3H3/t28-/m0/s1. The summed E-state index contributed by atoms with van der Waals surface area (Å²) in [5.41, 5.74) is 1.75. The maximum Gasteiger partial charge on any atom is 0.245 e. The maximum absolute atomic E-state index is 13.7. The van der Waals surface area contributed by atoms with Crippen molar-refractivity contribution in [3.63, 3.8) is 0 Å². The van der Waals surface area contributed by atoms with Gasteiger partial charge < -0.3 is 9.80 Å². The highest BCUT2D eigenvalue weighted by Crippen LogP contribution is 2.27. The summed E-state index contributed by atoms with van der Waals surface area (Å²) in [5.74, 6) is -0.225. The number of nitrogens with zero attached hydrogens (tertiary/aromatic N) is 3. The van der Waals surface area contributed by atoms with Crippen LogP contribution >= 0.6 is 11.6 Å². The van der Waals surface area contributed by atoms with Crippen LogP contribution in [0.3, 0.4) is 0 Å². The average molecular weight is 562 g/mol. The van der Waals surface area contributed by atoms with Crippen LogP contribution in [0.25, 0.3) is 0 Å². The lowest BCUT2D eigenvalue weighted by molar-refractivity contribution is -0.137. The fourth-order valence-corrected chi connectivity index (χ4v) is 6.73. The molecule has 38 heavy (non-hydrogen) atoms. The molecule has 1 atom stereocenters. The van der Waals surface area contributed by atoms with E-state index < -0.39 is 15.4 Å². The van der Waals surface area contributed by atoms with E-state index in [9.17, 15) is 18.0 Å². The predicted molar refractivity (Wildman–Crippen MR) is 152 cm³/mol. The van der Waals surface area contributed by atoms with Crippen molar-refractivity contribution >= 4 is 33.4 Å². The summed E-state index contributed by atoms with van der Waals surface area (Å²) in [6, 6.07) is 18.9. The van der Waals surface area contributed by atoms with Crippen molar-refractivity contribution in [2.75, 3.05) is 31.9 Å².